The molecule has 0 fully saturated rings. The van der Waals surface area contributed by atoms with Gasteiger partial charge in [-0.15, -0.1) is 0 Å². The van der Waals surface area contributed by atoms with Gasteiger partial charge in [0.15, 0.2) is 15.6 Å². The molecule has 0 heterocycles. The van der Waals surface area contributed by atoms with Crippen molar-refractivity contribution < 1.29 is 17.9 Å². The molecular weight excluding hydrogens is 408 g/mol. The van der Waals surface area contributed by atoms with E-state index in [2.05, 4.69) is 0 Å². The number of carbonyl (C=O) groups is 1. The van der Waals surface area contributed by atoms with Gasteiger partial charge in [0.25, 0.3) is 0 Å². The first kappa shape index (κ1) is 22.8. The fraction of sp³-hybridized carbons (Fsp3) is 0.269. The van der Waals surface area contributed by atoms with Gasteiger partial charge in [-0.05, 0) is 48.2 Å². The van der Waals surface area contributed by atoms with E-state index >= 15 is 0 Å². The first-order valence-corrected chi connectivity index (χ1v) is 12.1. The zero-order valence-electron chi connectivity index (χ0n) is 18.0. The Balaban J connectivity index is 1.95. The summed E-state index contributed by atoms with van der Waals surface area (Å²) in [6.07, 6.45) is 1.64. The summed E-state index contributed by atoms with van der Waals surface area (Å²) < 4.78 is 32.6. The lowest BCUT2D eigenvalue weighted by atomic mass is 10.0. The topological polar surface area (TPSA) is 60.4 Å². The molecule has 0 bridgehead atoms. The van der Waals surface area contributed by atoms with Gasteiger partial charge >= 0.3 is 0 Å². The van der Waals surface area contributed by atoms with E-state index in [1.807, 2.05) is 26.0 Å². The monoisotopic (exact) mass is 436 g/mol. The highest BCUT2D eigenvalue weighted by Gasteiger charge is 2.31. The summed E-state index contributed by atoms with van der Waals surface area (Å²) in [5, 5.41) is -0.978. The number of hydrogen-bond donors (Lipinski definition) is 0. The average Bonchev–Trinajstić information content (AvgIpc) is 2.82. The molecular formula is C26H28O4S. The van der Waals surface area contributed by atoms with Crippen LogP contribution in [0.25, 0.3) is 0 Å². The first-order chi connectivity index (χ1) is 15.0. The van der Waals surface area contributed by atoms with Gasteiger partial charge in [0.1, 0.15) is 5.75 Å². The Morgan fingerprint density at radius 2 is 1.52 bits per heavy atom. The summed E-state index contributed by atoms with van der Waals surface area (Å²) in [4.78, 5) is 13.2. The summed E-state index contributed by atoms with van der Waals surface area (Å²) in [5.41, 5.74) is 2.23. The van der Waals surface area contributed by atoms with E-state index in [9.17, 15) is 13.2 Å². The molecule has 3 aromatic carbocycles. The Bertz CT molecular complexity index is 1090. The molecule has 0 aliphatic heterocycles. The van der Waals surface area contributed by atoms with Gasteiger partial charge in [-0.1, -0.05) is 68.4 Å². The van der Waals surface area contributed by atoms with Crippen LogP contribution in [0.5, 0.6) is 5.75 Å². The van der Waals surface area contributed by atoms with E-state index in [0.29, 0.717) is 23.5 Å². The molecule has 1 atom stereocenters. The summed E-state index contributed by atoms with van der Waals surface area (Å²) in [5.74, 6) is 0.487. The quantitative estimate of drug-likeness (QED) is 0.375. The van der Waals surface area contributed by atoms with Crippen LogP contribution in [0.2, 0.25) is 0 Å². The van der Waals surface area contributed by atoms with Gasteiger partial charge in [0, 0.05) is 12.0 Å². The smallest absolute Gasteiger partial charge is 0.185 e. The molecule has 162 valence electrons. The molecule has 4 nitrogen and oxygen atoms in total. The van der Waals surface area contributed by atoms with Crippen molar-refractivity contribution in [2.45, 2.75) is 43.3 Å². The number of ether oxygens (including phenoxy) is 1. The normalized spacial score (nSPS) is 12.3. The number of carbonyl (C=O) groups excluding carboxylic acids is 1. The zero-order chi connectivity index (χ0) is 22.3. The Morgan fingerprint density at radius 1 is 0.871 bits per heavy atom. The summed E-state index contributed by atoms with van der Waals surface area (Å²) >= 11 is 0. The second-order valence-corrected chi connectivity index (χ2v) is 9.57. The molecule has 5 heteroatoms. The molecule has 3 aromatic rings. The molecule has 0 saturated heterocycles. The van der Waals surface area contributed by atoms with Crippen molar-refractivity contribution in [3.8, 4) is 5.75 Å². The van der Waals surface area contributed by atoms with Crippen LogP contribution in [0.15, 0.2) is 83.8 Å². The van der Waals surface area contributed by atoms with Crippen molar-refractivity contribution in [1.82, 2.24) is 0 Å². The van der Waals surface area contributed by atoms with Crippen molar-refractivity contribution >= 4 is 15.6 Å². The predicted octanol–water partition coefficient (Wildman–Crippen LogP) is 5.83. The molecule has 31 heavy (non-hydrogen) atoms. The van der Waals surface area contributed by atoms with Crippen LogP contribution in [0.4, 0.5) is 0 Å². The third-order valence-electron chi connectivity index (χ3n) is 5.23. The fourth-order valence-electron chi connectivity index (χ4n) is 3.39. The van der Waals surface area contributed by atoms with Gasteiger partial charge in [-0.3, -0.25) is 4.79 Å². The number of sulfone groups is 1. The van der Waals surface area contributed by atoms with Crippen LogP contribution in [0, 0.1) is 0 Å². The Labute approximate surface area is 184 Å². The van der Waals surface area contributed by atoms with Crippen molar-refractivity contribution in [3.63, 3.8) is 0 Å². The molecule has 0 radical (unpaired) electrons. The van der Waals surface area contributed by atoms with Crippen molar-refractivity contribution in [1.29, 1.82) is 0 Å². The lowest BCUT2D eigenvalue weighted by molar-refractivity contribution is 0.0980. The Hall–Kier alpha value is -2.92. The maximum absolute atomic E-state index is 13.5. The fourth-order valence-corrected chi connectivity index (χ4v) is 5.14. The number of Topliss-reactive ketones (excluding diaryl/α,β-unsaturated/α-hetero) is 1. The third kappa shape index (κ3) is 5.61. The van der Waals surface area contributed by atoms with Gasteiger partial charge in [0.05, 0.1) is 16.8 Å². The largest absolute Gasteiger partial charge is 0.494 e. The second-order valence-electron chi connectivity index (χ2n) is 7.44. The number of rotatable bonds is 10. The van der Waals surface area contributed by atoms with Crippen LogP contribution < -0.4 is 4.74 Å². The highest BCUT2D eigenvalue weighted by Crippen LogP contribution is 2.34. The van der Waals surface area contributed by atoms with E-state index in [0.717, 1.165) is 18.4 Å². The summed E-state index contributed by atoms with van der Waals surface area (Å²) in [7, 11) is -3.76. The number of benzene rings is 3. The molecule has 3 rings (SSSR count). The highest BCUT2D eigenvalue weighted by molar-refractivity contribution is 7.91. The molecule has 0 N–H and O–H groups in total. The molecule has 0 aliphatic carbocycles. The lowest BCUT2D eigenvalue weighted by Gasteiger charge is -2.18. The minimum Gasteiger partial charge on any atom is -0.494 e. The molecule has 1 unspecified atom stereocenters. The highest BCUT2D eigenvalue weighted by atomic mass is 32.2. The number of aryl methyl sites for hydroxylation is 1. The van der Waals surface area contributed by atoms with E-state index in [1.165, 1.54) is 0 Å². The SMILES string of the molecule is CCCOc1ccc(C(CC(=O)c2ccc(CC)cc2)S(=O)(=O)c2ccccc2)cc1. The van der Waals surface area contributed by atoms with Crippen LogP contribution in [0.1, 0.15) is 53.4 Å². The minimum absolute atomic E-state index is 0.127. The van der Waals surface area contributed by atoms with Crippen LogP contribution in [-0.4, -0.2) is 20.8 Å². The summed E-state index contributed by atoms with van der Waals surface area (Å²) in [6, 6.07) is 22.7. The average molecular weight is 437 g/mol. The number of ketones is 1. The second kappa shape index (κ2) is 10.4. The molecule has 0 amide bonds. The van der Waals surface area contributed by atoms with Crippen LogP contribution in [0.3, 0.4) is 0 Å². The van der Waals surface area contributed by atoms with E-state index in [4.69, 9.17) is 4.74 Å². The zero-order valence-corrected chi connectivity index (χ0v) is 18.8. The first-order valence-electron chi connectivity index (χ1n) is 10.6. The van der Waals surface area contributed by atoms with Crippen LogP contribution >= 0.6 is 0 Å². The van der Waals surface area contributed by atoms with E-state index in [-0.39, 0.29) is 17.1 Å². The Morgan fingerprint density at radius 3 is 2.10 bits per heavy atom. The lowest BCUT2D eigenvalue weighted by Crippen LogP contribution is -2.18. The van der Waals surface area contributed by atoms with Gasteiger partial charge in [-0.25, -0.2) is 8.42 Å². The Kier molecular flexibility index (Phi) is 7.64. The van der Waals surface area contributed by atoms with Crippen molar-refractivity contribution in [2.24, 2.45) is 0 Å². The van der Waals surface area contributed by atoms with Crippen molar-refractivity contribution in [2.75, 3.05) is 6.61 Å². The van der Waals surface area contributed by atoms with Gasteiger partial charge in [0.2, 0.25) is 0 Å². The molecule has 0 aliphatic rings. The standard InChI is InChI=1S/C26H28O4S/c1-3-18-30-23-16-14-22(15-17-23)26(31(28,29)24-8-6-5-7-9-24)19-25(27)21-12-10-20(4-2)11-13-21/h5-17,26H,3-4,18-19H2,1-2H3. The maximum atomic E-state index is 13.5. The molecule has 0 aromatic heterocycles. The maximum Gasteiger partial charge on any atom is 0.185 e. The number of hydrogen-bond acceptors (Lipinski definition) is 4. The molecule has 0 spiro atoms. The summed E-state index contributed by atoms with van der Waals surface area (Å²) in [6.45, 7) is 4.67. The van der Waals surface area contributed by atoms with Crippen LogP contribution in [-0.2, 0) is 16.3 Å². The predicted molar refractivity (Wildman–Crippen MR) is 123 cm³/mol. The van der Waals surface area contributed by atoms with E-state index < -0.39 is 15.1 Å². The van der Waals surface area contributed by atoms with Gasteiger partial charge < -0.3 is 4.74 Å². The molecule has 0 saturated carbocycles. The van der Waals surface area contributed by atoms with Gasteiger partial charge in [-0.2, -0.15) is 0 Å². The minimum atomic E-state index is -3.76. The third-order valence-corrected chi connectivity index (χ3v) is 7.34. The van der Waals surface area contributed by atoms with E-state index in [1.54, 1.807) is 66.7 Å². The van der Waals surface area contributed by atoms with Crippen molar-refractivity contribution in [3.05, 3.63) is 95.6 Å².